The Morgan fingerprint density at radius 1 is 1.11 bits per heavy atom. The molecule has 0 aliphatic carbocycles. The van der Waals surface area contributed by atoms with Crippen LogP contribution >= 0.6 is 0 Å². The molecule has 0 aliphatic heterocycles. The highest BCUT2D eigenvalue weighted by atomic mass is 16.5. The van der Waals surface area contributed by atoms with E-state index in [9.17, 15) is 4.79 Å². The molecule has 0 unspecified atom stereocenters. The third-order valence-corrected chi connectivity index (χ3v) is 5.96. The molecule has 35 heavy (non-hydrogen) atoms. The van der Waals surface area contributed by atoms with E-state index in [4.69, 9.17) is 14.5 Å². The van der Waals surface area contributed by atoms with Crippen LogP contribution in [0, 0.1) is 5.41 Å². The molecule has 0 spiro atoms. The summed E-state index contributed by atoms with van der Waals surface area (Å²) < 4.78 is 13.9. The van der Waals surface area contributed by atoms with Gasteiger partial charge in [-0.25, -0.2) is 4.98 Å². The molecule has 6 nitrogen and oxygen atoms in total. The van der Waals surface area contributed by atoms with Gasteiger partial charge in [-0.2, -0.15) is 0 Å². The van der Waals surface area contributed by atoms with Gasteiger partial charge in [0.25, 0.3) is 0 Å². The van der Waals surface area contributed by atoms with Gasteiger partial charge in [-0.1, -0.05) is 51.5 Å². The van der Waals surface area contributed by atoms with Crippen LogP contribution in [0.25, 0.3) is 11.0 Å². The fraction of sp³-hybridized carbons (Fsp3) is 0.448. The summed E-state index contributed by atoms with van der Waals surface area (Å²) in [6.07, 6.45) is 6.59. The molecule has 1 heterocycles. The normalized spacial score (nSPS) is 11.4. The lowest BCUT2D eigenvalue weighted by Crippen LogP contribution is -2.35. The Morgan fingerprint density at radius 3 is 2.66 bits per heavy atom. The van der Waals surface area contributed by atoms with Crippen LogP contribution in [0.15, 0.2) is 55.1 Å². The average molecular weight is 478 g/mol. The number of hydrogen-bond acceptors (Lipinski definition) is 4. The number of ether oxygens (including phenoxy) is 2. The monoisotopic (exact) mass is 477 g/mol. The van der Waals surface area contributed by atoms with Gasteiger partial charge in [-0.3, -0.25) is 4.79 Å². The summed E-state index contributed by atoms with van der Waals surface area (Å²) in [7, 11) is 1.66. The number of carbonyl (C=O) groups is 1. The standard InChI is InChI=1S/C29H39N3O3/c1-6-12-22-16-17-25(26(21-22)34-5)35-20-19-32-24-14-10-9-13-23(24)31-27(32)15-8-7-11-18-30-28(33)29(2,3)4/h6,9-10,13-14,16-17,21H,1,7-8,11-12,15,18-20H2,2-5H3,(H,30,33). The van der Waals surface area contributed by atoms with Gasteiger partial charge >= 0.3 is 0 Å². The Kier molecular flexibility index (Phi) is 9.35. The number of hydrogen-bond donors (Lipinski definition) is 1. The number of methoxy groups -OCH3 is 1. The molecular weight excluding hydrogens is 438 g/mol. The first-order chi connectivity index (χ1) is 16.8. The number of carbonyl (C=O) groups excluding carboxylic acids is 1. The lowest BCUT2D eigenvalue weighted by molar-refractivity contribution is -0.128. The third-order valence-electron chi connectivity index (χ3n) is 5.96. The number of imidazole rings is 1. The number of allylic oxidation sites excluding steroid dienone is 1. The predicted octanol–water partition coefficient (Wildman–Crippen LogP) is 5.73. The molecule has 0 saturated carbocycles. The quantitative estimate of drug-likeness (QED) is 0.252. The number of rotatable bonds is 13. The zero-order valence-corrected chi connectivity index (χ0v) is 21.6. The topological polar surface area (TPSA) is 65.4 Å². The second kappa shape index (κ2) is 12.4. The maximum atomic E-state index is 12.0. The number of aromatic nitrogens is 2. The van der Waals surface area contributed by atoms with Crippen LogP contribution in [0.3, 0.4) is 0 Å². The maximum absolute atomic E-state index is 12.0. The first-order valence-electron chi connectivity index (χ1n) is 12.5. The van der Waals surface area contributed by atoms with Gasteiger partial charge in [-0.05, 0) is 49.1 Å². The SMILES string of the molecule is C=CCc1ccc(OCCn2c(CCCCCNC(=O)C(C)(C)C)nc3ccccc32)c(OC)c1. The van der Waals surface area contributed by atoms with Crippen molar-refractivity contribution in [3.8, 4) is 11.5 Å². The highest BCUT2D eigenvalue weighted by molar-refractivity contribution is 5.81. The van der Waals surface area contributed by atoms with Gasteiger partial charge in [-0.15, -0.1) is 6.58 Å². The molecule has 2 aromatic carbocycles. The summed E-state index contributed by atoms with van der Waals surface area (Å²) in [5.41, 5.74) is 2.93. The summed E-state index contributed by atoms with van der Waals surface area (Å²) >= 11 is 0. The molecule has 6 heteroatoms. The van der Waals surface area contributed by atoms with Crippen molar-refractivity contribution >= 4 is 16.9 Å². The van der Waals surface area contributed by atoms with Crippen molar-refractivity contribution < 1.29 is 14.3 Å². The minimum Gasteiger partial charge on any atom is -0.493 e. The van der Waals surface area contributed by atoms with Crippen molar-refractivity contribution in [2.24, 2.45) is 5.41 Å². The van der Waals surface area contributed by atoms with E-state index >= 15 is 0 Å². The molecule has 0 aliphatic rings. The van der Waals surface area contributed by atoms with Crippen molar-refractivity contribution in [3.05, 3.63) is 66.5 Å². The molecule has 1 amide bonds. The summed E-state index contributed by atoms with van der Waals surface area (Å²) in [6.45, 7) is 11.5. The van der Waals surface area contributed by atoms with Gasteiger partial charge < -0.3 is 19.4 Å². The molecule has 0 fully saturated rings. The summed E-state index contributed by atoms with van der Waals surface area (Å²) in [6, 6.07) is 14.2. The van der Waals surface area contributed by atoms with Gasteiger partial charge in [0, 0.05) is 18.4 Å². The number of nitrogens with one attached hydrogen (secondary N) is 1. The van der Waals surface area contributed by atoms with Gasteiger partial charge in [0.05, 0.1) is 24.7 Å². The highest BCUT2D eigenvalue weighted by Crippen LogP contribution is 2.28. The Balaban J connectivity index is 1.57. The van der Waals surface area contributed by atoms with Crippen LogP contribution in [-0.2, 0) is 24.2 Å². The minimum atomic E-state index is -0.343. The Morgan fingerprint density at radius 2 is 1.91 bits per heavy atom. The molecule has 1 N–H and O–H groups in total. The van der Waals surface area contributed by atoms with E-state index in [0.29, 0.717) is 19.7 Å². The minimum absolute atomic E-state index is 0.103. The number of nitrogens with zero attached hydrogens (tertiary/aromatic N) is 2. The summed E-state index contributed by atoms with van der Waals surface area (Å²) in [5, 5.41) is 3.03. The molecule has 0 saturated heterocycles. The van der Waals surface area contributed by atoms with Crippen LogP contribution in [-0.4, -0.2) is 35.7 Å². The lowest BCUT2D eigenvalue weighted by atomic mass is 9.96. The van der Waals surface area contributed by atoms with Crippen molar-refractivity contribution in [2.45, 2.75) is 59.4 Å². The third kappa shape index (κ3) is 7.35. The molecule has 0 atom stereocenters. The van der Waals surface area contributed by atoms with Crippen LogP contribution in [0.1, 0.15) is 51.4 Å². The average Bonchev–Trinajstić information content (AvgIpc) is 3.18. The van der Waals surface area contributed by atoms with E-state index in [1.807, 2.05) is 57.2 Å². The first kappa shape index (κ1) is 26.3. The second-order valence-corrected chi connectivity index (χ2v) is 9.81. The molecular formula is C29H39N3O3. The van der Waals surface area contributed by atoms with Crippen molar-refractivity contribution in [3.63, 3.8) is 0 Å². The van der Waals surface area contributed by atoms with E-state index in [2.05, 4.69) is 28.6 Å². The Bertz CT molecular complexity index is 1130. The lowest BCUT2D eigenvalue weighted by Gasteiger charge is -2.17. The maximum Gasteiger partial charge on any atom is 0.225 e. The Labute approximate surface area is 209 Å². The van der Waals surface area contributed by atoms with E-state index in [-0.39, 0.29) is 11.3 Å². The van der Waals surface area contributed by atoms with Gasteiger partial charge in [0.2, 0.25) is 5.91 Å². The van der Waals surface area contributed by atoms with E-state index in [1.165, 1.54) is 0 Å². The van der Waals surface area contributed by atoms with E-state index in [1.54, 1.807) is 7.11 Å². The zero-order chi connectivity index (χ0) is 25.3. The number of para-hydroxylation sites is 2. The molecule has 0 bridgehead atoms. The number of amides is 1. The predicted molar refractivity (Wildman–Crippen MR) is 142 cm³/mol. The molecule has 3 aromatic rings. The molecule has 1 aromatic heterocycles. The first-order valence-corrected chi connectivity index (χ1v) is 12.5. The largest absolute Gasteiger partial charge is 0.493 e. The molecule has 0 radical (unpaired) electrons. The van der Waals surface area contributed by atoms with Crippen LogP contribution in [0.4, 0.5) is 0 Å². The number of benzene rings is 2. The fourth-order valence-corrected chi connectivity index (χ4v) is 3.99. The number of fused-ring (bicyclic) bond motifs is 1. The van der Waals surface area contributed by atoms with Gasteiger partial charge in [0.1, 0.15) is 12.4 Å². The van der Waals surface area contributed by atoms with Crippen molar-refractivity contribution in [1.29, 1.82) is 0 Å². The number of aryl methyl sites for hydroxylation is 1. The fourth-order valence-electron chi connectivity index (χ4n) is 3.99. The second-order valence-electron chi connectivity index (χ2n) is 9.81. The van der Waals surface area contributed by atoms with Crippen molar-refractivity contribution in [1.82, 2.24) is 14.9 Å². The van der Waals surface area contributed by atoms with Crippen LogP contribution in [0.5, 0.6) is 11.5 Å². The Hall–Kier alpha value is -3.28. The summed E-state index contributed by atoms with van der Waals surface area (Å²) in [4.78, 5) is 16.9. The highest BCUT2D eigenvalue weighted by Gasteiger charge is 2.20. The van der Waals surface area contributed by atoms with Gasteiger partial charge in [0.15, 0.2) is 11.5 Å². The molecule has 3 rings (SSSR count). The van der Waals surface area contributed by atoms with Crippen molar-refractivity contribution in [2.75, 3.05) is 20.3 Å². The van der Waals surface area contributed by atoms with Crippen LogP contribution in [0.2, 0.25) is 0 Å². The van der Waals surface area contributed by atoms with Crippen LogP contribution < -0.4 is 14.8 Å². The molecule has 188 valence electrons. The van der Waals surface area contributed by atoms with E-state index < -0.39 is 0 Å². The number of unbranched alkanes of at least 4 members (excludes halogenated alkanes) is 2. The summed E-state index contributed by atoms with van der Waals surface area (Å²) in [5.74, 6) is 2.65. The van der Waals surface area contributed by atoms with E-state index in [0.717, 1.165) is 66.0 Å². The smallest absolute Gasteiger partial charge is 0.225 e. The zero-order valence-electron chi connectivity index (χ0n) is 21.6.